The molecule has 5 unspecified atom stereocenters. The van der Waals surface area contributed by atoms with E-state index in [1.165, 1.54) is 25.7 Å². The Morgan fingerprint density at radius 2 is 2.17 bits per heavy atom. The van der Waals surface area contributed by atoms with E-state index in [0.717, 1.165) is 56.5 Å². The molecule has 0 amide bonds. The molecular weight excluding hydrogens is 224 g/mol. The molecule has 3 aliphatic rings. The molecule has 1 aliphatic heterocycles. The summed E-state index contributed by atoms with van der Waals surface area (Å²) < 4.78 is 5.78. The van der Waals surface area contributed by atoms with E-state index in [4.69, 9.17) is 4.74 Å². The van der Waals surface area contributed by atoms with E-state index in [2.05, 4.69) is 6.92 Å². The van der Waals surface area contributed by atoms with Crippen molar-refractivity contribution in [3.05, 3.63) is 0 Å². The monoisotopic (exact) mass is 252 g/mol. The van der Waals surface area contributed by atoms with Gasteiger partial charge in [-0.3, -0.25) is 0 Å². The van der Waals surface area contributed by atoms with Crippen molar-refractivity contribution in [2.45, 2.75) is 76.4 Å². The highest BCUT2D eigenvalue weighted by Crippen LogP contribution is 2.51. The van der Waals surface area contributed by atoms with Crippen LogP contribution >= 0.6 is 0 Å². The van der Waals surface area contributed by atoms with Crippen LogP contribution in [-0.2, 0) is 4.74 Å². The van der Waals surface area contributed by atoms with Crippen molar-refractivity contribution in [2.75, 3.05) is 6.61 Å². The molecule has 18 heavy (non-hydrogen) atoms. The van der Waals surface area contributed by atoms with E-state index in [9.17, 15) is 5.11 Å². The van der Waals surface area contributed by atoms with Crippen LogP contribution in [-0.4, -0.2) is 23.4 Å². The van der Waals surface area contributed by atoms with Gasteiger partial charge in [0.15, 0.2) is 0 Å². The molecule has 3 fully saturated rings. The Labute approximate surface area is 111 Å². The van der Waals surface area contributed by atoms with Crippen LogP contribution in [0.4, 0.5) is 0 Å². The van der Waals surface area contributed by atoms with Gasteiger partial charge < -0.3 is 9.84 Å². The molecule has 1 N–H and O–H groups in total. The highest BCUT2D eigenvalue weighted by Gasteiger charge is 2.44. The largest absolute Gasteiger partial charge is 0.390 e. The Morgan fingerprint density at radius 1 is 1.28 bits per heavy atom. The summed E-state index contributed by atoms with van der Waals surface area (Å²) in [5, 5.41) is 10.9. The molecule has 1 heterocycles. The predicted octanol–water partition coefficient (Wildman–Crippen LogP) is 3.52. The number of rotatable bonds is 4. The van der Waals surface area contributed by atoms with Gasteiger partial charge in [-0.2, -0.15) is 0 Å². The molecule has 3 rings (SSSR count). The number of hydrogen-bond acceptors (Lipinski definition) is 2. The number of ether oxygens (including phenoxy) is 1. The van der Waals surface area contributed by atoms with Crippen LogP contribution in [0, 0.1) is 17.8 Å². The second-order valence-corrected chi connectivity index (χ2v) is 7.10. The Bertz CT molecular complexity index is 289. The molecule has 1 saturated heterocycles. The molecule has 2 aliphatic carbocycles. The van der Waals surface area contributed by atoms with Crippen LogP contribution in [0.5, 0.6) is 0 Å². The minimum Gasteiger partial charge on any atom is -0.390 e. The number of hydrogen-bond donors (Lipinski definition) is 1. The lowest BCUT2D eigenvalue weighted by atomic mass is 9.76. The second-order valence-electron chi connectivity index (χ2n) is 7.10. The van der Waals surface area contributed by atoms with Gasteiger partial charge in [0, 0.05) is 13.0 Å². The first kappa shape index (κ1) is 12.9. The third-order valence-electron chi connectivity index (χ3n) is 5.67. The summed E-state index contributed by atoms with van der Waals surface area (Å²) in [4.78, 5) is 0. The summed E-state index contributed by atoms with van der Waals surface area (Å²) in [6, 6.07) is 0. The van der Waals surface area contributed by atoms with Crippen molar-refractivity contribution in [1.82, 2.24) is 0 Å². The SMILES string of the molecule is CCCC1CC(O)(CC2CC3CCC2C3)CCO1. The minimum absolute atomic E-state index is 0.312. The molecule has 0 radical (unpaired) electrons. The molecule has 0 aromatic heterocycles. The van der Waals surface area contributed by atoms with Crippen molar-refractivity contribution in [2.24, 2.45) is 17.8 Å². The predicted molar refractivity (Wildman–Crippen MR) is 72.4 cm³/mol. The van der Waals surface area contributed by atoms with Gasteiger partial charge in [0.25, 0.3) is 0 Å². The highest BCUT2D eigenvalue weighted by molar-refractivity contribution is 4.95. The van der Waals surface area contributed by atoms with Gasteiger partial charge in [-0.15, -0.1) is 0 Å². The van der Waals surface area contributed by atoms with E-state index < -0.39 is 5.60 Å². The van der Waals surface area contributed by atoms with Crippen LogP contribution in [0.3, 0.4) is 0 Å². The van der Waals surface area contributed by atoms with Crippen molar-refractivity contribution in [3.63, 3.8) is 0 Å². The quantitative estimate of drug-likeness (QED) is 0.829. The lowest BCUT2D eigenvalue weighted by molar-refractivity contribution is -0.117. The van der Waals surface area contributed by atoms with Gasteiger partial charge in [0.2, 0.25) is 0 Å². The van der Waals surface area contributed by atoms with Crippen LogP contribution < -0.4 is 0 Å². The van der Waals surface area contributed by atoms with Crippen LogP contribution in [0.25, 0.3) is 0 Å². The summed E-state index contributed by atoms with van der Waals surface area (Å²) in [7, 11) is 0. The average molecular weight is 252 g/mol. The van der Waals surface area contributed by atoms with Gasteiger partial charge in [-0.1, -0.05) is 19.8 Å². The molecule has 2 bridgehead atoms. The van der Waals surface area contributed by atoms with Gasteiger partial charge >= 0.3 is 0 Å². The van der Waals surface area contributed by atoms with Gasteiger partial charge in [0.1, 0.15) is 0 Å². The smallest absolute Gasteiger partial charge is 0.0697 e. The standard InChI is InChI=1S/C16H28O2/c1-2-3-15-11-16(17,6-7-18-15)10-14-9-12-4-5-13(14)8-12/h12-15,17H,2-11H2,1H3. The van der Waals surface area contributed by atoms with E-state index in [1.807, 2.05) is 0 Å². The maximum Gasteiger partial charge on any atom is 0.0697 e. The Hall–Kier alpha value is -0.0800. The topological polar surface area (TPSA) is 29.5 Å². The third-order valence-corrected chi connectivity index (χ3v) is 5.67. The molecule has 0 spiro atoms. The molecular formula is C16H28O2. The van der Waals surface area contributed by atoms with Gasteiger partial charge in [-0.05, 0) is 56.3 Å². The molecule has 2 nitrogen and oxygen atoms in total. The Balaban J connectivity index is 1.57. The Morgan fingerprint density at radius 3 is 2.83 bits per heavy atom. The summed E-state index contributed by atoms with van der Waals surface area (Å²) >= 11 is 0. The van der Waals surface area contributed by atoms with Crippen LogP contribution in [0.15, 0.2) is 0 Å². The maximum atomic E-state index is 10.9. The lowest BCUT2D eigenvalue weighted by Crippen LogP contribution is -2.42. The second kappa shape index (κ2) is 5.13. The zero-order valence-corrected chi connectivity index (χ0v) is 11.7. The van der Waals surface area contributed by atoms with Gasteiger partial charge in [-0.25, -0.2) is 0 Å². The third kappa shape index (κ3) is 2.60. The minimum atomic E-state index is -0.409. The fourth-order valence-corrected chi connectivity index (χ4v) is 4.81. The maximum absolute atomic E-state index is 10.9. The molecule has 104 valence electrons. The van der Waals surface area contributed by atoms with Crippen molar-refractivity contribution >= 4 is 0 Å². The summed E-state index contributed by atoms with van der Waals surface area (Å²) in [6.07, 6.45) is 11.1. The van der Waals surface area contributed by atoms with E-state index in [0.29, 0.717) is 6.10 Å². The summed E-state index contributed by atoms with van der Waals surface area (Å²) in [6.45, 7) is 2.97. The van der Waals surface area contributed by atoms with E-state index in [-0.39, 0.29) is 0 Å². The molecule has 5 atom stereocenters. The van der Waals surface area contributed by atoms with E-state index in [1.54, 1.807) is 0 Å². The van der Waals surface area contributed by atoms with Crippen LogP contribution in [0.2, 0.25) is 0 Å². The first-order valence-electron chi connectivity index (χ1n) is 8.02. The summed E-state index contributed by atoms with van der Waals surface area (Å²) in [5.41, 5.74) is -0.409. The number of aliphatic hydroxyl groups is 1. The van der Waals surface area contributed by atoms with Crippen molar-refractivity contribution < 1.29 is 9.84 Å². The fourth-order valence-electron chi connectivity index (χ4n) is 4.81. The average Bonchev–Trinajstić information content (AvgIpc) is 2.90. The van der Waals surface area contributed by atoms with Gasteiger partial charge in [0.05, 0.1) is 11.7 Å². The summed E-state index contributed by atoms with van der Waals surface area (Å²) in [5.74, 6) is 2.75. The fraction of sp³-hybridized carbons (Fsp3) is 1.00. The molecule has 2 heteroatoms. The Kier molecular flexibility index (Phi) is 3.68. The lowest BCUT2D eigenvalue weighted by Gasteiger charge is -2.40. The van der Waals surface area contributed by atoms with Crippen molar-refractivity contribution in [3.8, 4) is 0 Å². The molecule has 2 saturated carbocycles. The molecule has 0 aromatic carbocycles. The van der Waals surface area contributed by atoms with Crippen molar-refractivity contribution in [1.29, 1.82) is 0 Å². The zero-order chi connectivity index (χ0) is 12.6. The number of fused-ring (bicyclic) bond motifs is 2. The zero-order valence-electron chi connectivity index (χ0n) is 11.7. The molecule has 0 aromatic rings. The normalized spacial score (nSPS) is 47.7. The highest BCUT2D eigenvalue weighted by atomic mass is 16.5. The van der Waals surface area contributed by atoms with Crippen LogP contribution in [0.1, 0.15) is 64.7 Å². The first-order valence-corrected chi connectivity index (χ1v) is 8.02. The van der Waals surface area contributed by atoms with E-state index >= 15 is 0 Å². The first-order chi connectivity index (χ1) is 8.68.